The minimum atomic E-state index is 0.170. The number of nitrogens with zero attached hydrogens (tertiary/aromatic N) is 2. The molecule has 0 aromatic carbocycles. The third-order valence-corrected chi connectivity index (χ3v) is 5.38. The predicted molar refractivity (Wildman–Crippen MR) is 81.1 cm³/mol. The van der Waals surface area contributed by atoms with E-state index in [1.165, 1.54) is 17.0 Å². The molecule has 0 N–H and O–H groups in total. The first kappa shape index (κ1) is 12.4. The minimum Gasteiger partial charge on any atom is -0.312 e. The van der Waals surface area contributed by atoms with E-state index in [4.69, 9.17) is 0 Å². The van der Waals surface area contributed by atoms with E-state index in [1.807, 2.05) is 22.0 Å². The summed E-state index contributed by atoms with van der Waals surface area (Å²) in [6.45, 7) is 4.15. The summed E-state index contributed by atoms with van der Waals surface area (Å²) in [6.07, 6.45) is 1.24. The van der Waals surface area contributed by atoms with Crippen molar-refractivity contribution in [3.63, 3.8) is 0 Å². The molecule has 2 aliphatic rings. The van der Waals surface area contributed by atoms with Crippen LogP contribution in [0.15, 0.2) is 40.5 Å². The Morgan fingerprint density at radius 2 is 2.10 bits per heavy atom. The fraction of sp³-hybridized carbons (Fsp3) is 0.438. The van der Waals surface area contributed by atoms with Crippen LogP contribution in [0, 0.1) is 5.92 Å². The first-order valence-corrected chi connectivity index (χ1v) is 8.12. The topological polar surface area (TPSA) is 25.2 Å². The summed E-state index contributed by atoms with van der Waals surface area (Å²) < 4.78 is 2.00. The summed E-state index contributed by atoms with van der Waals surface area (Å²) in [4.78, 5) is 16.0. The van der Waals surface area contributed by atoms with Gasteiger partial charge in [-0.3, -0.25) is 9.69 Å². The standard InChI is InChI=1S/C16H18N2OS/c19-16-5-1-4-15-13-7-12(9-18(15)16)8-17(10-13)11-14-3-2-6-20-14/h1-6,12-13H,7-11H2/t12-,13-/m0/s1. The maximum absolute atomic E-state index is 12.0. The van der Waals surface area contributed by atoms with E-state index in [-0.39, 0.29) is 5.56 Å². The Morgan fingerprint density at radius 1 is 1.15 bits per heavy atom. The second-order valence-electron chi connectivity index (χ2n) is 5.97. The molecule has 4 rings (SSSR count). The van der Waals surface area contributed by atoms with Crippen LogP contribution < -0.4 is 5.56 Å². The molecule has 0 aliphatic carbocycles. The summed E-state index contributed by atoms with van der Waals surface area (Å²) in [6, 6.07) is 10.1. The van der Waals surface area contributed by atoms with E-state index in [0.29, 0.717) is 11.8 Å². The van der Waals surface area contributed by atoms with E-state index in [2.05, 4.69) is 28.5 Å². The van der Waals surface area contributed by atoms with Gasteiger partial charge >= 0.3 is 0 Å². The zero-order valence-corrected chi connectivity index (χ0v) is 12.2. The van der Waals surface area contributed by atoms with Crippen molar-refractivity contribution in [3.8, 4) is 0 Å². The van der Waals surface area contributed by atoms with Gasteiger partial charge in [-0.15, -0.1) is 11.3 Å². The molecule has 3 nitrogen and oxygen atoms in total. The normalized spacial score (nSPS) is 25.4. The quantitative estimate of drug-likeness (QED) is 0.847. The van der Waals surface area contributed by atoms with Gasteiger partial charge in [0.05, 0.1) is 0 Å². The third kappa shape index (κ3) is 2.13. The van der Waals surface area contributed by atoms with Gasteiger partial charge in [-0.05, 0) is 29.9 Å². The lowest BCUT2D eigenvalue weighted by Crippen LogP contribution is -2.46. The lowest BCUT2D eigenvalue weighted by Gasteiger charge is -2.42. The molecule has 0 amide bonds. The van der Waals surface area contributed by atoms with Gasteiger partial charge in [0.25, 0.3) is 5.56 Å². The summed E-state index contributed by atoms with van der Waals surface area (Å²) in [7, 11) is 0. The van der Waals surface area contributed by atoms with Crippen molar-refractivity contribution in [1.82, 2.24) is 9.47 Å². The zero-order valence-electron chi connectivity index (χ0n) is 11.4. The van der Waals surface area contributed by atoms with Crippen LogP contribution in [0.2, 0.25) is 0 Å². The highest BCUT2D eigenvalue weighted by atomic mass is 32.1. The smallest absolute Gasteiger partial charge is 0.250 e. The van der Waals surface area contributed by atoms with Crippen LogP contribution in [0.5, 0.6) is 0 Å². The van der Waals surface area contributed by atoms with Crippen LogP contribution >= 0.6 is 11.3 Å². The second-order valence-corrected chi connectivity index (χ2v) is 7.00. The largest absolute Gasteiger partial charge is 0.312 e. The average Bonchev–Trinajstić information content (AvgIpc) is 2.93. The monoisotopic (exact) mass is 286 g/mol. The van der Waals surface area contributed by atoms with E-state index < -0.39 is 0 Å². The highest BCUT2D eigenvalue weighted by molar-refractivity contribution is 7.09. The SMILES string of the molecule is O=c1cccc2n1C[C@H]1C[C@H]2CN(Cc2cccs2)C1. The van der Waals surface area contributed by atoms with E-state index >= 15 is 0 Å². The molecule has 1 saturated heterocycles. The third-order valence-electron chi connectivity index (χ3n) is 4.51. The molecule has 0 saturated carbocycles. The van der Waals surface area contributed by atoms with Crippen molar-refractivity contribution in [1.29, 1.82) is 0 Å². The predicted octanol–water partition coefficient (Wildman–Crippen LogP) is 2.53. The minimum absolute atomic E-state index is 0.170. The van der Waals surface area contributed by atoms with Gasteiger partial charge in [0, 0.05) is 48.7 Å². The number of fused-ring (bicyclic) bond motifs is 4. The van der Waals surface area contributed by atoms with Gasteiger partial charge in [-0.25, -0.2) is 0 Å². The first-order valence-electron chi connectivity index (χ1n) is 7.24. The van der Waals surface area contributed by atoms with Crippen molar-refractivity contribution in [3.05, 3.63) is 56.6 Å². The zero-order chi connectivity index (χ0) is 13.5. The molecular formula is C16H18N2OS. The second kappa shape index (κ2) is 4.86. The molecule has 20 heavy (non-hydrogen) atoms. The molecule has 1 fully saturated rings. The summed E-state index contributed by atoms with van der Waals surface area (Å²) in [5.41, 5.74) is 1.41. The lowest BCUT2D eigenvalue weighted by atomic mass is 9.83. The van der Waals surface area contributed by atoms with Gasteiger partial charge in [0.2, 0.25) is 0 Å². The van der Waals surface area contributed by atoms with Crippen LogP contribution in [0.25, 0.3) is 0 Å². The number of piperidine rings is 1. The molecular weight excluding hydrogens is 268 g/mol. The van der Waals surface area contributed by atoms with Crippen LogP contribution in [-0.2, 0) is 13.1 Å². The van der Waals surface area contributed by atoms with Gasteiger partial charge in [-0.1, -0.05) is 12.1 Å². The number of rotatable bonds is 2. The molecule has 4 heterocycles. The lowest BCUT2D eigenvalue weighted by molar-refractivity contribution is 0.115. The van der Waals surface area contributed by atoms with Crippen molar-refractivity contribution < 1.29 is 0 Å². The fourth-order valence-electron chi connectivity index (χ4n) is 3.75. The molecule has 4 heteroatoms. The molecule has 0 spiro atoms. The average molecular weight is 286 g/mol. The van der Waals surface area contributed by atoms with Gasteiger partial charge in [0.15, 0.2) is 0 Å². The van der Waals surface area contributed by atoms with Crippen molar-refractivity contribution >= 4 is 11.3 Å². The molecule has 2 bridgehead atoms. The number of thiophene rings is 1. The maximum Gasteiger partial charge on any atom is 0.250 e. The van der Waals surface area contributed by atoms with Crippen molar-refractivity contribution in [2.45, 2.75) is 25.4 Å². The Morgan fingerprint density at radius 3 is 2.95 bits per heavy atom. The van der Waals surface area contributed by atoms with Crippen LogP contribution in [-0.4, -0.2) is 22.6 Å². The van der Waals surface area contributed by atoms with Crippen molar-refractivity contribution in [2.75, 3.05) is 13.1 Å². The Bertz CT molecular complexity index is 661. The van der Waals surface area contributed by atoms with E-state index in [1.54, 1.807) is 6.07 Å². The maximum atomic E-state index is 12.0. The Labute approximate surface area is 122 Å². The highest BCUT2D eigenvalue weighted by Crippen LogP contribution is 2.35. The van der Waals surface area contributed by atoms with Crippen LogP contribution in [0.3, 0.4) is 0 Å². The molecule has 2 aromatic rings. The number of hydrogen-bond acceptors (Lipinski definition) is 3. The Balaban J connectivity index is 1.60. The first-order chi connectivity index (χ1) is 9.79. The number of pyridine rings is 1. The number of likely N-dealkylation sites (tertiary alicyclic amines) is 1. The Kier molecular flexibility index (Phi) is 3.00. The molecule has 0 unspecified atom stereocenters. The van der Waals surface area contributed by atoms with Crippen LogP contribution in [0.1, 0.15) is 22.9 Å². The summed E-state index contributed by atoms with van der Waals surface area (Å²) in [5, 5.41) is 2.15. The summed E-state index contributed by atoms with van der Waals surface area (Å²) >= 11 is 1.84. The van der Waals surface area contributed by atoms with Gasteiger partial charge in [-0.2, -0.15) is 0 Å². The molecule has 104 valence electrons. The molecule has 2 aliphatic heterocycles. The molecule has 2 atom stereocenters. The Hall–Kier alpha value is -1.39. The van der Waals surface area contributed by atoms with Crippen LogP contribution in [0.4, 0.5) is 0 Å². The summed E-state index contributed by atoms with van der Waals surface area (Å²) in [5.74, 6) is 1.15. The van der Waals surface area contributed by atoms with Gasteiger partial charge in [0.1, 0.15) is 0 Å². The fourth-order valence-corrected chi connectivity index (χ4v) is 4.49. The number of aromatic nitrogens is 1. The number of hydrogen-bond donors (Lipinski definition) is 0. The van der Waals surface area contributed by atoms with E-state index in [0.717, 1.165) is 26.2 Å². The van der Waals surface area contributed by atoms with Crippen molar-refractivity contribution in [2.24, 2.45) is 5.92 Å². The molecule has 2 aromatic heterocycles. The molecule has 0 radical (unpaired) electrons. The highest BCUT2D eigenvalue weighted by Gasteiger charge is 2.34. The van der Waals surface area contributed by atoms with E-state index in [9.17, 15) is 4.79 Å². The van der Waals surface area contributed by atoms with Gasteiger partial charge < -0.3 is 4.57 Å².